The number of rotatable bonds is 5. The van der Waals surface area contributed by atoms with Gasteiger partial charge < -0.3 is 9.73 Å². The molecule has 0 fully saturated rings. The summed E-state index contributed by atoms with van der Waals surface area (Å²) in [6.45, 7) is 3.26. The molecule has 0 aliphatic rings. The van der Waals surface area contributed by atoms with Crippen LogP contribution >= 0.6 is 0 Å². The number of aryl methyl sites for hydroxylation is 1. The number of amides is 2. The summed E-state index contributed by atoms with van der Waals surface area (Å²) in [7, 11) is 0. The third kappa shape index (κ3) is 4.74. The summed E-state index contributed by atoms with van der Waals surface area (Å²) in [5.41, 5.74) is 3.38. The Hall–Kier alpha value is -3.49. The van der Waals surface area contributed by atoms with Gasteiger partial charge in [-0.2, -0.15) is 5.10 Å². The molecule has 2 aromatic rings. The van der Waals surface area contributed by atoms with Gasteiger partial charge in [0, 0.05) is 17.2 Å². The lowest BCUT2D eigenvalue weighted by Gasteiger charge is -2.05. The van der Waals surface area contributed by atoms with Crippen LogP contribution in [0.1, 0.15) is 23.8 Å². The van der Waals surface area contributed by atoms with Crippen LogP contribution in [0.25, 0.3) is 0 Å². The van der Waals surface area contributed by atoms with E-state index >= 15 is 0 Å². The van der Waals surface area contributed by atoms with Crippen LogP contribution in [0.2, 0.25) is 0 Å². The number of carbonyl (C=O) groups is 2. The van der Waals surface area contributed by atoms with E-state index in [-0.39, 0.29) is 12.2 Å². The van der Waals surface area contributed by atoms with Crippen molar-refractivity contribution in [3.63, 3.8) is 0 Å². The van der Waals surface area contributed by atoms with Gasteiger partial charge >= 0.3 is 11.8 Å². The number of benzene rings is 1. The number of nitro groups is 1. The Kier molecular flexibility index (Phi) is 5.62. The van der Waals surface area contributed by atoms with Gasteiger partial charge in [0.2, 0.25) is 0 Å². The molecule has 2 rings (SSSR count). The molecule has 0 saturated heterocycles. The maximum atomic E-state index is 11.7. The highest BCUT2D eigenvalue weighted by atomic mass is 16.6. The summed E-state index contributed by atoms with van der Waals surface area (Å²) in [4.78, 5) is 33.8. The van der Waals surface area contributed by atoms with E-state index in [1.165, 1.54) is 12.3 Å². The summed E-state index contributed by atoms with van der Waals surface area (Å²) >= 11 is 0. The maximum Gasteiger partial charge on any atom is 0.329 e. The predicted octanol–water partition coefficient (Wildman–Crippen LogP) is 1.65. The van der Waals surface area contributed by atoms with Crippen LogP contribution in [-0.2, 0) is 16.1 Å². The fraction of sp³-hybridized carbons (Fsp3) is 0.188. The Balaban J connectivity index is 1.98. The Morgan fingerprint density at radius 3 is 2.68 bits per heavy atom. The van der Waals surface area contributed by atoms with Crippen LogP contribution in [0, 0.1) is 17.0 Å². The van der Waals surface area contributed by atoms with Crippen molar-refractivity contribution in [1.29, 1.82) is 0 Å². The summed E-state index contributed by atoms with van der Waals surface area (Å²) in [6, 6.07) is 7.91. The van der Waals surface area contributed by atoms with Gasteiger partial charge in [-0.3, -0.25) is 19.7 Å². The van der Waals surface area contributed by atoms with E-state index in [1.54, 1.807) is 38.1 Å². The van der Waals surface area contributed by atoms with Crippen LogP contribution < -0.4 is 10.7 Å². The van der Waals surface area contributed by atoms with E-state index in [0.29, 0.717) is 22.6 Å². The van der Waals surface area contributed by atoms with Crippen molar-refractivity contribution in [3.05, 3.63) is 63.6 Å². The molecule has 0 bridgehead atoms. The number of furan rings is 1. The number of hydrogen-bond donors (Lipinski definition) is 2. The minimum Gasteiger partial charge on any atom is -0.467 e. The van der Waals surface area contributed by atoms with Gasteiger partial charge in [-0.25, -0.2) is 5.43 Å². The molecule has 0 radical (unpaired) electrons. The number of hydrazone groups is 1. The van der Waals surface area contributed by atoms with Crippen molar-refractivity contribution in [2.45, 2.75) is 20.4 Å². The molecular formula is C16H16N4O5. The Bertz CT molecular complexity index is 827. The molecule has 2 amide bonds. The zero-order valence-corrected chi connectivity index (χ0v) is 13.6. The van der Waals surface area contributed by atoms with Gasteiger partial charge in [-0.1, -0.05) is 12.1 Å². The summed E-state index contributed by atoms with van der Waals surface area (Å²) in [5, 5.41) is 17.1. The van der Waals surface area contributed by atoms with Crippen molar-refractivity contribution in [2.75, 3.05) is 0 Å². The number of hydrogen-bond acceptors (Lipinski definition) is 6. The number of nitrogens with zero attached hydrogens (tertiary/aromatic N) is 2. The van der Waals surface area contributed by atoms with Crippen molar-refractivity contribution in [3.8, 4) is 0 Å². The molecule has 0 atom stereocenters. The molecule has 0 spiro atoms. The Labute approximate surface area is 142 Å². The minimum absolute atomic E-state index is 0.0467. The first kappa shape index (κ1) is 17.9. The molecule has 1 heterocycles. The van der Waals surface area contributed by atoms with E-state index in [0.717, 1.165) is 0 Å². The van der Waals surface area contributed by atoms with Crippen LogP contribution in [0.3, 0.4) is 0 Å². The SMILES string of the molecule is C/C(=N/NC(=O)C(=O)NCc1ccco1)c1ccc(C)c([N+](=O)[O-])c1. The van der Waals surface area contributed by atoms with Crippen LogP contribution in [0.15, 0.2) is 46.1 Å². The fourth-order valence-corrected chi connectivity index (χ4v) is 1.94. The van der Waals surface area contributed by atoms with Crippen LogP contribution in [0.4, 0.5) is 5.69 Å². The molecule has 25 heavy (non-hydrogen) atoms. The van der Waals surface area contributed by atoms with Gasteiger partial charge in [-0.15, -0.1) is 0 Å². The van der Waals surface area contributed by atoms with Crippen molar-refractivity contribution < 1.29 is 18.9 Å². The fourth-order valence-electron chi connectivity index (χ4n) is 1.94. The highest BCUT2D eigenvalue weighted by molar-refractivity contribution is 6.35. The zero-order chi connectivity index (χ0) is 18.4. The first-order valence-electron chi connectivity index (χ1n) is 7.28. The van der Waals surface area contributed by atoms with E-state index in [1.807, 2.05) is 0 Å². The predicted molar refractivity (Wildman–Crippen MR) is 88.7 cm³/mol. The third-order valence-corrected chi connectivity index (χ3v) is 3.36. The van der Waals surface area contributed by atoms with Gasteiger partial charge in [0.1, 0.15) is 5.76 Å². The second-order valence-corrected chi connectivity index (χ2v) is 5.16. The second-order valence-electron chi connectivity index (χ2n) is 5.16. The standard InChI is InChI=1S/C16H16N4O5/c1-10-5-6-12(8-14(10)20(23)24)11(2)18-19-16(22)15(21)17-9-13-4-3-7-25-13/h3-8H,9H2,1-2H3,(H,17,21)(H,19,22)/b18-11-. The highest BCUT2D eigenvalue weighted by Gasteiger charge is 2.15. The molecule has 2 N–H and O–H groups in total. The Morgan fingerprint density at radius 2 is 2.04 bits per heavy atom. The number of nitro benzene ring substituents is 1. The summed E-state index contributed by atoms with van der Waals surface area (Å²) < 4.78 is 5.03. The largest absolute Gasteiger partial charge is 0.467 e. The molecule has 0 saturated carbocycles. The Morgan fingerprint density at radius 1 is 1.28 bits per heavy atom. The van der Waals surface area contributed by atoms with Crippen LogP contribution in [0.5, 0.6) is 0 Å². The molecule has 0 aliphatic heterocycles. The smallest absolute Gasteiger partial charge is 0.329 e. The van der Waals surface area contributed by atoms with Crippen molar-refractivity contribution in [1.82, 2.24) is 10.7 Å². The molecular weight excluding hydrogens is 328 g/mol. The van der Waals surface area contributed by atoms with Gasteiger partial charge in [0.25, 0.3) is 5.69 Å². The second kappa shape index (κ2) is 7.86. The van der Waals surface area contributed by atoms with Gasteiger partial charge in [0.05, 0.1) is 23.4 Å². The lowest BCUT2D eigenvalue weighted by atomic mass is 10.1. The van der Waals surface area contributed by atoms with Crippen LogP contribution in [-0.4, -0.2) is 22.4 Å². The van der Waals surface area contributed by atoms with E-state index < -0.39 is 16.7 Å². The molecule has 0 unspecified atom stereocenters. The average Bonchev–Trinajstić information content (AvgIpc) is 3.10. The molecule has 9 nitrogen and oxygen atoms in total. The third-order valence-electron chi connectivity index (χ3n) is 3.36. The summed E-state index contributed by atoms with van der Waals surface area (Å²) in [5.74, 6) is -1.32. The van der Waals surface area contributed by atoms with Crippen molar-refractivity contribution in [2.24, 2.45) is 5.10 Å². The molecule has 1 aromatic carbocycles. The maximum absolute atomic E-state index is 11.7. The zero-order valence-electron chi connectivity index (χ0n) is 13.6. The molecule has 0 aliphatic carbocycles. The number of nitrogens with one attached hydrogen (secondary N) is 2. The molecule has 1 aromatic heterocycles. The molecule has 130 valence electrons. The molecule has 9 heteroatoms. The monoisotopic (exact) mass is 344 g/mol. The number of carbonyl (C=O) groups excluding carboxylic acids is 2. The lowest BCUT2D eigenvalue weighted by molar-refractivity contribution is -0.385. The normalized spacial score (nSPS) is 11.0. The quantitative estimate of drug-likeness (QED) is 0.369. The van der Waals surface area contributed by atoms with E-state index in [9.17, 15) is 19.7 Å². The average molecular weight is 344 g/mol. The first-order chi connectivity index (χ1) is 11.9. The lowest BCUT2D eigenvalue weighted by Crippen LogP contribution is -2.37. The minimum atomic E-state index is -0.951. The summed E-state index contributed by atoms with van der Waals surface area (Å²) in [6.07, 6.45) is 1.45. The van der Waals surface area contributed by atoms with Gasteiger partial charge in [-0.05, 0) is 26.0 Å². The van der Waals surface area contributed by atoms with E-state index in [4.69, 9.17) is 4.42 Å². The highest BCUT2D eigenvalue weighted by Crippen LogP contribution is 2.19. The first-order valence-corrected chi connectivity index (χ1v) is 7.28. The van der Waals surface area contributed by atoms with Gasteiger partial charge in [0.15, 0.2) is 0 Å². The topological polar surface area (TPSA) is 127 Å². The van der Waals surface area contributed by atoms with Crippen molar-refractivity contribution >= 4 is 23.2 Å². The van der Waals surface area contributed by atoms with E-state index in [2.05, 4.69) is 15.8 Å².